The van der Waals surface area contributed by atoms with Crippen LogP contribution in [0.1, 0.15) is 33.6 Å². The Hall–Kier alpha value is 0.350. The summed E-state index contributed by atoms with van der Waals surface area (Å²) in [6.45, 7) is 6.29. The van der Waals surface area contributed by atoms with Crippen molar-refractivity contribution in [3.05, 3.63) is 0 Å². The van der Waals surface area contributed by atoms with E-state index in [0.717, 1.165) is 5.92 Å². The van der Waals surface area contributed by atoms with E-state index in [0.29, 0.717) is 0 Å². The van der Waals surface area contributed by atoms with Crippen LogP contribution in [0.5, 0.6) is 0 Å². The zero-order chi connectivity index (χ0) is 7.11. The average Bonchev–Trinajstić information content (AvgIpc) is 2.43. The van der Waals surface area contributed by atoms with Gasteiger partial charge in [-0.05, 0) is 23.8 Å². The van der Waals surface area contributed by atoms with Crippen LogP contribution in [0.3, 0.4) is 0 Å². The Bertz CT molecular complexity index is 46.5. The molecule has 0 aromatic heterocycles. The summed E-state index contributed by atoms with van der Waals surface area (Å²) in [4.78, 5) is 0. The third kappa shape index (κ3) is 3.85. The highest BCUT2D eigenvalue weighted by Crippen LogP contribution is 2.25. The molecule has 1 saturated heterocycles. The quantitative estimate of drug-likeness (QED) is 0.547. The van der Waals surface area contributed by atoms with E-state index in [9.17, 15) is 0 Å². The molecule has 1 rings (SSSR count). The summed E-state index contributed by atoms with van der Waals surface area (Å²) in [6, 6.07) is 0. The van der Waals surface area contributed by atoms with Gasteiger partial charge in [0.15, 0.2) is 0 Å². The van der Waals surface area contributed by atoms with Crippen LogP contribution >= 0.6 is 11.8 Å². The SMILES string of the molecule is CC.CCC1CCSC1. The molecule has 0 amide bonds. The number of hydrogen-bond donors (Lipinski definition) is 0. The minimum atomic E-state index is 1.06. The van der Waals surface area contributed by atoms with Crippen molar-refractivity contribution in [2.75, 3.05) is 11.5 Å². The maximum atomic E-state index is 2.29. The Morgan fingerprint density at radius 2 is 2.11 bits per heavy atom. The van der Waals surface area contributed by atoms with Crippen LogP contribution in [-0.2, 0) is 0 Å². The number of rotatable bonds is 1. The smallest absolute Gasteiger partial charge is 0.00389 e. The topological polar surface area (TPSA) is 0 Å². The molecule has 56 valence electrons. The fourth-order valence-corrected chi connectivity index (χ4v) is 2.31. The van der Waals surface area contributed by atoms with Gasteiger partial charge in [0.05, 0.1) is 0 Å². The second kappa shape index (κ2) is 6.47. The minimum absolute atomic E-state index is 1.06. The van der Waals surface area contributed by atoms with Gasteiger partial charge in [-0.2, -0.15) is 11.8 Å². The van der Waals surface area contributed by atoms with Crippen LogP contribution in [0.15, 0.2) is 0 Å². The Kier molecular flexibility index (Phi) is 6.72. The Balaban J connectivity index is 0.000000291. The first-order valence-electron chi connectivity index (χ1n) is 4.01. The van der Waals surface area contributed by atoms with E-state index in [1.54, 1.807) is 0 Å². The predicted octanol–water partition coefficient (Wildman–Crippen LogP) is 3.18. The van der Waals surface area contributed by atoms with Gasteiger partial charge in [0.2, 0.25) is 0 Å². The largest absolute Gasteiger partial charge is 0.162 e. The molecule has 0 radical (unpaired) electrons. The minimum Gasteiger partial charge on any atom is -0.162 e. The Morgan fingerprint density at radius 1 is 1.44 bits per heavy atom. The van der Waals surface area contributed by atoms with Crippen molar-refractivity contribution in [1.82, 2.24) is 0 Å². The van der Waals surface area contributed by atoms with Crippen LogP contribution in [0, 0.1) is 5.92 Å². The van der Waals surface area contributed by atoms with Crippen LogP contribution in [0.4, 0.5) is 0 Å². The first kappa shape index (κ1) is 9.35. The molecule has 1 aliphatic rings. The van der Waals surface area contributed by atoms with Gasteiger partial charge in [0, 0.05) is 0 Å². The molecule has 0 aliphatic carbocycles. The third-order valence-corrected chi connectivity index (χ3v) is 2.83. The second-order valence-electron chi connectivity index (χ2n) is 2.14. The summed E-state index contributed by atoms with van der Waals surface area (Å²) in [7, 11) is 0. The summed E-state index contributed by atoms with van der Waals surface area (Å²) in [6.07, 6.45) is 2.87. The first-order chi connectivity index (χ1) is 4.43. The van der Waals surface area contributed by atoms with Crippen molar-refractivity contribution in [3.63, 3.8) is 0 Å². The van der Waals surface area contributed by atoms with E-state index in [2.05, 4.69) is 18.7 Å². The lowest BCUT2D eigenvalue weighted by molar-refractivity contribution is 0.578. The molecule has 1 fully saturated rings. The van der Waals surface area contributed by atoms with Gasteiger partial charge < -0.3 is 0 Å². The standard InChI is InChI=1S/C6H12S.C2H6/c1-2-6-3-4-7-5-6;1-2/h6H,2-5H2,1H3;1-2H3. The highest BCUT2D eigenvalue weighted by molar-refractivity contribution is 7.99. The van der Waals surface area contributed by atoms with Crippen molar-refractivity contribution >= 4 is 11.8 Å². The first-order valence-corrected chi connectivity index (χ1v) is 5.16. The molecule has 1 heteroatoms. The second-order valence-corrected chi connectivity index (χ2v) is 3.29. The molecular formula is C8H18S. The lowest BCUT2D eigenvalue weighted by atomic mass is 10.1. The molecule has 1 heterocycles. The molecule has 0 saturated carbocycles. The number of thioether (sulfide) groups is 1. The van der Waals surface area contributed by atoms with Gasteiger partial charge in [-0.3, -0.25) is 0 Å². The van der Waals surface area contributed by atoms with Crippen molar-refractivity contribution < 1.29 is 0 Å². The van der Waals surface area contributed by atoms with Gasteiger partial charge >= 0.3 is 0 Å². The van der Waals surface area contributed by atoms with Gasteiger partial charge in [0.1, 0.15) is 0 Å². The highest BCUT2D eigenvalue weighted by atomic mass is 32.2. The zero-order valence-electron chi connectivity index (χ0n) is 6.81. The fourth-order valence-electron chi connectivity index (χ4n) is 0.905. The van der Waals surface area contributed by atoms with Gasteiger partial charge in [-0.15, -0.1) is 0 Å². The molecule has 0 aromatic carbocycles. The highest BCUT2D eigenvalue weighted by Gasteiger charge is 2.11. The average molecular weight is 146 g/mol. The maximum absolute atomic E-state index is 2.29. The van der Waals surface area contributed by atoms with Gasteiger partial charge in [0.25, 0.3) is 0 Å². The molecule has 0 spiro atoms. The monoisotopic (exact) mass is 146 g/mol. The molecule has 1 unspecified atom stereocenters. The van der Waals surface area contributed by atoms with E-state index >= 15 is 0 Å². The van der Waals surface area contributed by atoms with Crippen LogP contribution in [0.25, 0.3) is 0 Å². The summed E-state index contributed by atoms with van der Waals surface area (Å²) in [5, 5.41) is 0. The molecule has 0 aromatic rings. The van der Waals surface area contributed by atoms with Crippen molar-refractivity contribution in [1.29, 1.82) is 0 Å². The van der Waals surface area contributed by atoms with Crippen LogP contribution in [-0.4, -0.2) is 11.5 Å². The van der Waals surface area contributed by atoms with Gasteiger partial charge in [-0.25, -0.2) is 0 Å². The summed E-state index contributed by atoms with van der Waals surface area (Å²) in [5.41, 5.74) is 0. The molecule has 9 heavy (non-hydrogen) atoms. The summed E-state index contributed by atoms with van der Waals surface area (Å²) < 4.78 is 0. The van der Waals surface area contributed by atoms with Crippen molar-refractivity contribution in [3.8, 4) is 0 Å². The Labute approximate surface area is 63.4 Å². The maximum Gasteiger partial charge on any atom is -0.00389 e. The lowest BCUT2D eigenvalue weighted by Crippen LogP contribution is -1.92. The van der Waals surface area contributed by atoms with E-state index in [1.165, 1.54) is 24.3 Å². The van der Waals surface area contributed by atoms with Crippen LogP contribution < -0.4 is 0 Å². The van der Waals surface area contributed by atoms with Crippen molar-refractivity contribution in [2.45, 2.75) is 33.6 Å². The molecule has 0 nitrogen and oxygen atoms in total. The molecule has 0 N–H and O–H groups in total. The summed E-state index contributed by atoms with van der Waals surface area (Å²) in [5.74, 6) is 3.90. The van der Waals surface area contributed by atoms with E-state index in [-0.39, 0.29) is 0 Å². The molecule has 1 aliphatic heterocycles. The normalized spacial score (nSPS) is 25.0. The lowest BCUT2D eigenvalue weighted by Gasteiger charge is -1.98. The molecule has 1 atom stereocenters. The van der Waals surface area contributed by atoms with E-state index in [1.807, 2.05) is 13.8 Å². The van der Waals surface area contributed by atoms with E-state index in [4.69, 9.17) is 0 Å². The van der Waals surface area contributed by atoms with E-state index < -0.39 is 0 Å². The van der Waals surface area contributed by atoms with Crippen LogP contribution in [0.2, 0.25) is 0 Å². The zero-order valence-corrected chi connectivity index (χ0v) is 7.63. The summed E-state index contributed by atoms with van der Waals surface area (Å²) >= 11 is 2.11. The molecular weight excluding hydrogens is 128 g/mol. The number of hydrogen-bond acceptors (Lipinski definition) is 1. The molecule has 0 bridgehead atoms. The fraction of sp³-hybridized carbons (Fsp3) is 1.00. The predicted molar refractivity (Wildman–Crippen MR) is 47.1 cm³/mol. The Morgan fingerprint density at radius 3 is 2.33 bits per heavy atom. The van der Waals surface area contributed by atoms with Gasteiger partial charge in [-0.1, -0.05) is 27.2 Å². The van der Waals surface area contributed by atoms with Crippen molar-refractivity contribution in [2.24, 2.45) is 5.92 Å². The third-order valence-electron chi connectivity index (χ3n) is 1.60.